The topological polar surface area (TPSA) is 70.7 Å². The number of aromatic nitrogens is 3. The molecule has 0 aromatic carbocycles. The summed E-state index contributed by atoms with van der Waals surface area (Å²) in [7, 11) is 0. The molecule has 0 saturated carbocycles. The van der Waals surface area contributed by atoms with E-state index in [1.807, 2.05) is 6.92 Å². The van der Waals surface area contributed by atoms with Crippen molar-refractivity contribution in [2.24, 2.45) is 0 Å². The van der Waals surface area contributed by atoms with Crippen LogP contribution in [0.4, 0.5) is 0 Å². The van der Waals surface area contributed by atoms with Crippen molar-refractivity contribution in [2.75, 3.05) is 0 Å². The zero-order valence-electron chi connectivity index (χ0n) is 7.55. The Morgan fingerprint density at radius 2 is 1.92 bits per heavy atom. The molecule has 1 aromatic rings. The summed E-state index contributed by atoms with van der Waals surface area (Å²) in [4.78, 5) is 22.4. The average Bonchev–Trinajstić information content (AvgIpc) is 2.46. The van der Waals surface area contributed by atoms with Gasteiger partial charge in [0.15, 0.2) is 0 Å². The molecule has 5 heteroatoms. The number of rotatable bonds is 2. The molecule has 5 nitrogen and oxygen atoms in total. The Hall–Kier alpha value is -1.70. The van der Waals surface area contributed by atoms with Gasteiger partial charge in [-0.3, -0.25) is 0 Å². The van der Waals surface area contributed by atoms with Gasteiger partial charge in [-0.25, -0.2) is 24.4 Å². The van der Waals surface area contributed by atoms with Crippen LogP contribution in [0.1, 0.15) is 20.3 Å². The van der Waals surface area contributed by atoms with Gasteiger partial charge >= 0.3 is 11.4 Å². The van der Waals surface area contributed by atoms with Gasteiger partial charge in [-0.15, -0.1) is 6.42 Å². The van der Waals surface area contributed by atoms with Crippen molar-refractivity contribution in [3.05, 3.63) is 21.0 Å². The molecule has 0 radical (unpaired) electrons. The van der Waals surface area contributed by atoms with Crippen molar-refractivity contribution >= 4 is 0 Å². The summed E-state index contributed by atoms with van der Waals surface area (Å²) in [6.07, 6.45) is 5.79. The average molecular weight is 181 g/mol. The molecule has 0 saturated heterocycles. The van der Waals surface area contributed by atoms with Crippen LogP contribution < -0.4 is 11.4 Å². The van der Waals surface area contributed by atoms with E-state index >= 15 is 0 Å². The van der Waals surface area contributed by atoms with E-state index in [9.17, 15) is 9.59 Å². The lowest BCUT2D eigenvalue weighted by molar-refractivity contribution is 0.391. The fraction of sp³-hybridized carbons (Fsp3) is 0.500. The Labute approximate surface area is 74.8 Å². The van der Waals surface area contributed by atoms with Crippen LogP contribution >= 0.6 is 0 Å². The van der Waals surface area contributed by atoms with E-state index in [1.165, 1.54) is 0 Å². The van der Waals surface area contributed by atoms with Crippen molar-refractivity contribution in [1.82, 2.24) is 14.8 Å². The Balaban J connectivity index is 3.46. The minimum absolute atomic E-state index is 0.507. The number of aromatic amines is 2. The highest BCUT2D eigenvalue weighted by Gasteiger charge is 2.25. The maximum absolute atomic E-state index is 11.2. The highest BCUT2D eigenvalue weighted by Crippen LogP contribution is 2.13. The van der Waals surface area contributed by atoms with E-state index in [0.29, 0.717) is 6.42 Å². The fourth-order valence-corrected chi connectivity index (χ4v) is 1.08. The summed E-state index contributed by atoms with van der Waals surface area (Å²) < 4.78 is 1.01. The Morgan fingerprint density at radius 1 is 1.46 bits per heavy atom. The summed E-state index contributed by atoms with van der Waals surface area (Å²) in [5.74, 6) is 2.44. The fourth-order valence-electron chi connectivity index (χ4n) is 1.08. The lowest BCUT2D eigenvalue weighted by atomic mass is 10.0. The minimum atomic E-state index is -0.856. The molecule has 70 valence electrons. The van der Waals surface area contributed by atoms with Crippen molar-refractivity contribution in [3.63, 3.8) is 0 Å². The van der Waals surface area contributed by atoms with E-state index in [1.54, 1.807) is 6.92 Å². The van der Waals surface area contributed by atoms with Crippen LogP contribution in [0.2, 0.25) is 0 Å². The van der Waals surface area contributed by atoms with Gasteiger partial charge in [0.25, 0.3) is 0 Å². The lowest BCUT2D eigenvalue weighted by Gasteiger charge is -2.20. The molecule has 1 rings (SSSR count). The molecule has 0 spiro atoms. The minimum Gasteiger partial charge on any atom is -0.247 e. The smallest absolute Gasteiger partial charge is 0.247 e. The predicted molar refractivity (Wildman–Crippen MR) is 48.4 cm³/mol. The standard InChI is InChI=1S/C8H11N3O2/c1-4-8(3,5-2)11-6(12)9-10-7(11)13/h1H,5H2,2-3H3,(H,9,12)(H,10,13). The summed E-state index contributed by atoms with van der Waals surface area (Å²) in [6.45, 7) is 3.48. The molecular formula is C8H11N3O2. The molecule has 1 unspecified atom stereocenters. The van der Waals surface area contributed by atoms with Crippen LogP contribution in [-0.2, 0) is 5.54 Å². The molecule has 13 heavy (non-hydrogen) atoms. The van der Waals surface area contributed by atoms with Crippen LogP contribution in [-0.4, -0.2) is 14.8 Å². The Morgan fingerprint density at radius 3 is 2.23 bits per heavy atom. The zero-order valence-corrected chi connectivity index (χ0v) is 7.55. The summed E-state index contributed by atoms with van der Waals surface area (Å²) in [5.41, 5.74) is -1.87. The number of terminal acetylenes is 1. The molecule has 0 fully saturated rings. The SMILES string of the molecule is C#CC(C)(CC)n1c(=O)[nH][nH]c1=O. The molecule has 1 heterocycles. The highest BCUT2D eigenvalue weighted by molar-refractivity contribution is 5.07. The van der Waals surface area contributed by atoms with E-state index < -0.39 is 16.9 Å². The van der Waals surface area contributed by atoms with Crippen molar-refractivity contribution in [3.8, 4) is 12.3 Å². The molecule has 0 aliphatic rings. The summed E-state index contributed by atoms with van der Waals surface area (Å²) >= 11 is 0. The van der Waals surface area contributed by atoms with Gasteiger partial charge in [0.1, 0.15) is 5.54 Å². The van der Waals surface area contributed by atoms with Gasteiger partial charge in [-0.05, 0) is 13.3 Å². The van der Waals surface area contributed by atoms with Crippen LogP contribution in [0, 0.1) is 12.3 Å². The number of nitrogens with zero attached hydrogens (tertiary/aromatic N) is 1. The monoisotopic (exact) mass is 181 g/mol. The third kappa shape index (κ3) is 1.31. The van der Waals surface area contributed by atoms with Crippen LogP contribution in [0.5, 0.6) is 0 Å². The third-order valence-electron chi connectivity index (χ3n) is 2.18. The van der Waals surface area contributed by atoms with E-state index in [2.05, 4.69) is 16.1 Å². The van der Waals surface area contributed by atoms with Crippen molar-refractivity contribution < 1.29 is 0 Å². The number of hydrogen-bond donors (Lipinski definition) is 2. The Kier molecular flexibility index (Phi) is 2.15. The van der Waals surface area contributed by atoms with Crippen molar-refractivity contribution in [2.45, 2.75) is 25.8 Å². The van der Waals surface area contributed by atoms with Gasteiger partial charge in [0, 0.05) is 0 Å². The highest BCUT2D eigenvalue weighted by atomic mass is 16.2. The predicted octanol–water partition coefficient (Wildman–Crippen LogP) is -0.377. The molecule has 1 aromatic heterocycles. The Bertz CT molecular complexity index is 417. The number of nitrogens with one attached hydrogen (secondary N) is 2. The van der Waals surface area contributed by atoms with E-state index in [-0.39, 0.29) is 0 Å². The summed E-state index contributed by atoms with van der Waals surface area (Å²) in [5, 5.41) is 4.37. The van der Waals surface area contributed by atoms with Gasteiger partial charge < -0.3 is 0 Å². The second-order valence-corrected chi connectivity index (χ2v) is 2.97. The normalized spacial score (nSPS) is 14.8. The molecule has 0 amide bonds. The summed E-state index contributed by atoms with van der Waals surface area (Å²) in [6, 6.07) is 0. The van der Waals surface area contributed by atoms with Crippen LogP contribution in [0.3, 0.4) is 0 Å². The van der Waals surface area contributed by atoms with E-state index in [0.717, 1.165) is 4.57 Å². The first kappa shape index (κ1) is 9.39. The molecule has 0 aliphatic carbocycles. The van der Waals surface area contributed by atoms with Crippen molar-refractivity contribution in [1.29, 1.82) is 0 Å². The molecular weight excluding hydrogens is 170 g/mol. The maximum Gasteiger partial charge on any atom is 0.345 e. The number of hydrogen-bond acceptors (Lipinski definition) is 2. The van der Waals surface area contributed by atoms with Gasteiger partial charge in [-0.2, -0.15) is 0 Å². The molecule has 0 aliphatic heterocycles. The number of H-pyrrole nitrogens is 2. The molecule has 0 bridgehead atoms. The van der Waals surface area contributed by atoms with Gasteiger partial charge in [0.05, 0.1) is 0 Å². The van der Waals surface area contributed by atoms with Crippen LogP contribution in [0.15, 0.2) is 9.59 Å². The lowest BCUT2D eigenvalue weighted by Crippen LogP contribution is -2.42. The first-order chi connectivity index (χ1) is 6.05. The molecule has 2 N–H and O–H groups in total. The maximum atomic E-state index is 11.2. The van der Waals surface area contributed by atoms with Gasteiger partial charge in [0.2, 0.25) is 0 Å². The first-order valence-electron chi connectivity index (χ1n) is 3.93. The second-order valence-electron chi connectivity index (χ2n) is 2.97. The second kappa shape index (κ2) is 2.98. The van der Waals surface area contributed by atoms with E-state index in [4.69, 9.17) is 6.42 Å². The quantitative estimate of drug-likeness (QED) is 0.611. The zero-order chi connectivity index (χ0) is 10.1. The first-order valence-corrected chi connectivity index (χ1v) is 3.93. The molecule has 1 atom stereocenters. The largest absolute Gasteiger partial charge is 0.345 e. The van der Waals surface area contributed by atoms with Crippen LogP contribution in [0.25, 0.3) is 0 Å². The van der Waals surface area contributed by atoms with Gasteiger partial charge in [-0.1, -0.05) is 12.8 Å². The third-order valence-corrected chi connectivity index (χ3v) is 2.18.